The van der Waals surface area contributed by atoms with E-state index in [0.29, 0.717) is 23.4 Å². The van der Waals surface area contributed by atoms with E-state index in [2.05, 4.69) is 15.4 Å². The molecule has 7 heteroatoms. The standard InChI is InChI=1S/C19H20N2O5/c1-25-12-13-4-3-5-15(10-13)19(24)21-16-8-6-14(7-9-16)18(23)20-11-17(22)26-2/h3-10H,11-12H2,1-2H3,(H,20,23)(H,21,24). The van der Waals surface area contributed by atoms with E-state index < -0.39 is 11.9 Å². The minimum Gasteiger partial charge on any atom is -0.468 e. The Morgan fingerprint density at radius 1 is 0.923 bits per heavy atom. The minimum absolute atomic E-state index is 0.203. The number of carbonyl (C=O) groups excluding carboxylic acids is 3. The molecule has 0 radical (unpaired) electrons. The summed E-state index contributed by atoms with van der Waals surface area (Å²) in [5.41, 5.74) is 2.34. The van der Waals surface area contributed by atoms with Gasteiger partial charge in [0.15, 0.2) is 0 Å². The molecule has 0 aliphatic heterocycles. The smallest absolute Gasteiger partial charge is 0.325 e. The molecule has 2 N–H and O–H groups in total. The van der Waals surface area contributed by atoms with Crippen LogP contribution in [0, 0.1) is 0 Å². The predicted molar refractivity (Wildman–Crippen MR) is 95.9 cm³/mol. The Morgan fingerprint density at radius 3 is 2.31 bits per heavy atom. The molecule has 0 atom stereocenters. The monoisotopic (exact) mass is 356 g/mol. The summed E-state index contributed by atoms with van der Waals surface area (Å²) < 4.78 is 9.52. The van der Waals surface area contributed by atoms with Crippen LogP contribution in [-0.2, 0) is 20.9 Å². The van der Waals surface area contributed by atoms with Crippen LogP contribution in [0.2, 0.25) is 0 Å². The number of ether oxygens (including phenoxy) is 2. The molecule has 0 bridgehead atoms. The number of hydrogen-bond donors (Lipinski definition) is 2. The maximum absolute atomic E-state index is 12.3. The highest BCUT2D eigenvalue weighted by Crippen LogP contribution is 2.13. The maximum Gasteiger partial charge on any atom is 0.325 e. The van der Waals surface area contributed by atoms with Crippen LogP contribution in [0.15, 0.2) is 48.5 Å². The SMILES string of the molecule is COCc1cccc(C(=O)Nc2ccc(C(=O)NCC(=O)OC)cc2)c1. The number of nitrogens with one attached hydrogen (secondary N) is 2. The van der Waals surface area contributed by atoms with Gasteiger partial charge >= 0.3 is 5.97 Å². The van der Waals surface area contributed by atoms with E-state index in [-0.39, 0.29) is 12.5 Å². The lowest BCUT2D eigenvalue weighted by molar-refractivity contribution is -0.139. The molecule has 0 saturated carbocycles. The number of carbonyl (C=O) groups is 3. The lowest BCUT2D eigenvalue weighted by Crippen LogP contribution is -2.30. The van der Waals surface area contributed by atoms with Crippen molar-refractivity contribution >= 4 is 23.5 Å². The third-order valence-corrected chi connectivity index (χ3v) is 3.53. The van der Waals surface area contributed by atoms with Gasteiger partial charge in [0.05, 0.1) is 13.7 Å². The third kappa shape index (κ3) is 5.42. The van der Waals surface area contributed by atoms with Crippen molar-refractivity contribution in [2.24, 2.45) is 0 Å². The van der Waals surface area contributed by atoms with Crippen LogP contribution in [0.5, 0.6) is 0 Å². The van der Waals surface area contributed by atoms with E-state index >= 15 is 0 Å². The van der Waals surface area contributed by atoms with Crippen molar-refractivity contribution in [1.82, 2.24) is 5.32 Å². The second-order valence-electron chi connectivity index (χ2n) is 5.42. The van der Waals surface area contributed by atoms with Gasteiger partial charge in [-0.3, -0.25) is 14.4 Å². The average Bonchev–Trinajstić information content (AvgIpc) is 2.66. The minimum atomic E-state index is -0.530. The number of amides is 2. The topological polar surface area (TPSA) is 93.7 Å². The van der Waals surface area contributed by atoms with Gasteiger partial charge in [0, 0.05) is 23.9 Å². The number of hydrogen-bond acceptors (Lipinski definition) is 5. The second kappa shape index (κ2) is 9.33. The highest BCUT2D eigenvalue weighted by molar-refractivity contribution is 6.04. The molecule has 2 amide bonds. The van der Waals surface area contributed by atoms with Gasteiger partial charge in [0.2, 0.25) is 0 Å². The van der Waals surface area contributed by atoms with Crippen LogP contribution < -0.4 is 10.6 Å². The predicted octanol–water partition coefficient (Wildman–Crippen LogP) is 1.99. The Hall–Kier alpha value is -3.19. The zero-order chi connectivity index (χ0) is 18.9. The Kier molecular flexibility index (Phi) is 6.87. The van der Waals surface area contributed by atoms with E-state index in [9.17, 15) is 14.4 Å². The summed E-state index contributed by atoms with van der Waals surface area (Å²) in [6, 6.07) is 13.5. The second-order valence-corrected chi connectivity index (χ2v) is 5.42. The fraction of sp³-hybridized carbons (Fsp3) is 0.211. The molecular formula is C19H20N2O5. The van der Waals surface area contributed by atoms with Crippen molar-refractivity contribution in [3.8, 4) is 0 Å². The highest BCUT2D eigenvalue weighted by Gasteiger charge is 2.10. The summed E-state index contributed by atoms with van der Waals surface area (Å²) in [6.07, 6.45) is 0. The largest absolute Gasteiger partial charge is 0.468 e. The van der Waals surface area contributed by atoms with Crippen molar-refractivity contribution in [3.63, 3.8) is 0 Å². The Bertz CT molecular complexity index is 787. The van der Waals surface area contributed by atoms with Gasteiger partial charge in [-0.1, -0.05) is 12.1 Å². The Labute approximate surface area is 151 Å². The van der Waals surface area contributed by atoms with Gasteiger partial charge in [-0.15, -0.1) is 0 Å². The summed E-state index contributed by atoms with van der Waals surface area (Å²) in [5, 5.41) is 5.21. The summed E-state index contributed by atoms with van der Waals surface area (Å²) in [5.74, 6) is -1.19. The molecule has 0 aliphatic rings. The first-order chi connectivity index (χ1) is 12.5. The molecule has 2 rings (SSSR count). The van der Waals surface area contributed by atoms with Crippen molar-refractivity contribution in [3.05, 3.63) is 65.2 Å². The summed E-state index contributed by atoms with van der Waals surface area (Å²) >= 11 is 0. The van der Waals surface area contributed by atoms with E-state index in [1.807, 2.05) is 6.07 Å². The highest BCUT2D eigenvalue weighted by atomic mass is 16.5. The molecule has 0 unspecified atom stereocenters. The zero-order valence-corrected chi connectivity index (χ0v) is 14.6. The normalized spacial score (nSPS) is 10.1. The lowest BCUT2D eigenvalue weighted by atomic mass is 10.1. The fourth-order valence-electron chi connectivity index (χ4n) is 2.20. The van der Waals surface area contributed by atoms with Crippen LogP contribution in [0.25, 0.3) is 0 Å². The van der Waals surface area contributed by atoms with Gasteiger partial charge < -0.3 is 20.1 Å². The summed E-state index contributed by atoms with van der Waals surface area (Å²) in [7, 11) is 2.84. The van der Waals surface area contributed by atoms with Crippen LogP contribution in [0.1, 0.15) is 26.3 Å². The van der Waals surface area contributed by atoms with E-state index in [0.717, 1.165) is 5.56 Å². The number of esters is 1. The van der Waals surface area contributed by atoms with E-state index in [1.165, 1.54) is 7.11 Å². The van der Waals surface area contributed by atoms with Gasteiger partial charge in [-0.2, -0.15) is 0 Å². The molecule has 0 fully saturated rings. The number of benzene rings is 2. The molecule has 136 valence electrons. The quantitative estimate of drug-likeness (QED) is 0.740. The molecule has 2 aromatic carbocycles. The number of rotatable bonds is 7. The Balaban J connectivity index is 1.98. The van der Waals surface area contributed by atoms with Crippen LogP contribution in [0.4, 0.5) is 5.69 Å². The van der Waals surface area contributed by atoms with Gasteiger partial charge in [-0.05, 0) is 42.0 Å². The van der Waals surface area contributed by atoms with Crippen molar-refractivity contribution in [1.29, 1.82) is 0 Å². The summed E-state index contributed by atoms with van der Waals surface area (Å²) in [6.45, 7) is 0.224. The summed E-state index contributed by atoms with van der Waals surface area (Å²) in [4.78, 5) is 35.2. The van der Waals surface area contributed by atoms with Crippen LogP contribution in [0.3, 0.4) is 0 Å². The molecule has 0 saturated heterocycles. The molecule has 0 aliphatic carbocycles. The Morgan fingerprint density at radius 2 is 1.65 bits per heavy atom. The fourth-order valence-corrected chi connectivity index (χ4v) is 2.20. The van der Waals surface area contributed by atoms with Gasteiger partial charge in [0.25, 0.3) is 11.8 Å². The molecule has 0 heterocycles. The van der Waals surface area contributed by atoms with Gasteiger partial charge in [-0.25, -0.2) is 0 Å². The number of anilines is 1. The van der Waals surface area contributed by atoms with Crippen LogP contribution in [-0.4, -0.2) is 38.5 Å². The maximum atomic E-state index is 12.3. The van der Waals surface area contributed by atoms with E-state index in [4.69, 9.17) is 4.74 Å². The number of methoxy groups -OCH3 is 2. The van der Waals surface area contributed by atoms with Crippen molar-refractivity contribution in [2.75, 3.05) is 26.1 Å². The molecule has 7 nitrogen and oxygen atoms in total. The van der Waals surface area contributed by atoms with Crippen molar-refractivity contribution in [2.45, 2.75) is 6.61 Å². The molecule has 2 aromatic rings. The molecular weight excluding hydrogens is 336 g/mol. The molecule has 0 aromatic heterocycles. The lowest BCUT2D eigenvalue weighted by Gasteiger charge is -2.08. The van der Waals surface area contributed by atoms with Gasteiger partial charge in [0.1, 0.15) is 6.54 Å². The average molecular weight is 356 g/mol. The first-order valence-electron chi connectivity index (χ1n) is 7.88. The van der Waals surface area contributed by atoms with Crippen molar-refractivity contribution < 1.29 is 23.9 Å². The van der Waals surface area contributed by atoms with E-state index in [1.54, 1.807) is 49.6 Å². The first kappa shape index (κ1) is 19.1. The molecule has 26 heavy (non-hydrogen) atoms. The zero-order valence-electron chi connectivity index (χ0n) is 14.6. The molecule has 0 spiro atoms. The first-order valence-corrected chi connectivity index (χ1v) is 7.88. The third-order valence-electron chi connectivity index (χ3n) is 3.53. The van der Waals surface area contributed by atoms with Crippen LogP contribution >= 0.6 is 0 Å².